The molecule has 1 aliphatic carbocycles. The van der Waals surface area contributed by atoms with Crippen LogP contribution in [0, 0.1) is 0 Å². The number of carbonyl (C=O) groups is 1. The van der Waals surface area contributed by atoms with Gasteiger partial charge in [-0.2, -0.15) is 9.61 Å². The fourth-order valence-electron chi connectivity index (χ4n) is 3.20. The molecule has 0 atom stereocenters. The molecule has 3 N–H and O–H groups in total. The fourth-order valence-corrected chi connectivity index (χ4v) is 3.55. The summed E-state index contributed by atoms with van der Waals surface area (Å²) in [7, 11) is 1.00. The minimum Gasteiger partial charge on any atom is -0.408 e. The standard InChI is InChI=1S/C18H19BrN6O2.CH4O/c19-14-11-21-25-16(24-18(26)27-13-7-4-8-20-10-13)9-15(23-17(14)25)22-12-5-2-1-3-6-12;1-2/h4,7-12H,1-3,5-6H2,(H,22,23)(H,24,26);2H,1H3. The summed E-state index contributed by atoms with van der Waals surface area (Å²) in [5.41, 5.74) is 0.618. The number of aliphatic hydroxyl groups is 1. The van der Waals surface area contributed by atoms with E-state index in [-0.39, 0.29) is 0 Å². The second-order valence-electron chi connectivity index (χ2n) is 6.44. The summed E-state index contributed by atoms with van der Waals surface area (Å²) >= 11 is 3.45. The molecular weight excluding hydrogens is 440 g/mol. The summed E-state index contributed by atoms with van der Waals surface area (Å²) in [4.78, 5) is 20.8. The van der Waals surface area contributed by atoms with Gasteiger partial charge in [0, 0.05) is 25.4 Å². The van der Waals surface area contributed by atoms with Crippen LogP contribution in [0.4, 0.5) is 16.4 Å². The van der Waals surface area contributed by atoms with Crippen molar-refractivity contribution in [2.24, 2.45) is 0 Å². The maximum atomic E-state index is 12.3. The largest absolute Gasteiger partial charge is 0.418 e. The summed E-state index contributed by atoms with van der Waals surface area (Å²) in [6, 6.07) is 5.52. The highest BCUT2D eigenvalue weighted by Crippen LogP contribution is 2.25. The van der Waals surface area contributed by atoms with Gasteiger partial charge in [-0.05, 0) is 40.9 Å². The van der Waals surface area contributed by atoms with E-state index in [1.54, 1.807) is 35.1 Å². The Balaban J connectivity index is 0.00000117. The molecule has 10 heteroatoms. The molecule has 3 aromatic heterocycles. The Hall–Kier alpha value is -2.72. The number of carbonyl (C=O) groups excluding carboxylic acids is 1. The first-order valence-electron chi connectivity index (χ1n) is 9.33. The van der Waals surface area contributed by atoms with E-state index in [2.05, 4.69) is 41.6 Å². The number of aliphatic hydroxyl groups excluding tert-OH is 1. The number of anilines is 2. The molecule has 0 bridgehead atoms. The molecular formula is C19H23BrN6O3. The van der Waals surface area contributed by atoms with Gasteiger partial charge in [0.25, 0.3) is 0 Å². The quantitative estimate of drug-likeness (QED) is 0.539. The smallest absolute Gasteiger partial charge is 0.408 e. The average molecular weight is 463 g/mol. The predicted molar refractivity (Wildman–Crippen MR) is 113 cm³/mol. The number of aromatic nitrogens is 4. The fraction of sp³-hybridized carbons (Fsp3) is 0.368. The number of nitrogens with zero attached hydrogens (tertiary/aromatic N) is 4. The molecule has 0 aromatic carbocycles. The van der Waals surface area contributed by atoms with Crippen molar-refractivity contribution in [3.8, 4) is 5.75 Å². The normalized spacial score (nSPS) is 14.0. The molecule has 0 radical (unpaired) electrons. The molecule has 3 aromatic rings. The van der Waals surface area contributed by atoms with Crippen LogP contribution in [-0.2, 0) is 0 Å². The first-order chi connectivity index (χ1) is 14.2. The zero-order valence-electron chi connectivity index (χ0n) is 16.0. The van der Waals surface area contributed by atoms with E-state index in [4.69, 9.17) is 9.84 Å². The number of halogens is 1. The number of hydrogen-bond donors (Lipinski definition) is 3. The van der Waals surface area contributed by atoms with Crippen LogP contribution in [-0.4, -0.2) is 43.9 Å². The average Bonchev–Trinajstić information content (AvgIpc) is 3.12. The third-order valence-electron chi connectivity index (χ3n) is 4.46. The third kappa shape index (κ3) is 5.42. The van der Waals surface area contributed by atoms with Crippen LogP contribution >= 0.6 is 15.9 Å². The van der Waals surface area contributed by atoms with Gasteiger partial charge in [0.2, 0.25) is 0 Å². The summed E-state index contributed by atoms with van der Waals surface area (Å²) in [6.07, 6.45) is 10.1. The molecule has 1 fully saturated rings. The minimum atomic E-state index is -0.620. The van der Waals surface area contributed by atoms with Gasteiger partial charge < -0.3 is 15.2 Å². The Morgan fingerprint density at radius 3 is 2.79 bits per heavy atom. The first-order valence-corrected chi connectivity index (χ1v) is 10.1. The number of pyridine rings is 1. The molecule has 154 valence electrons. The molecule has 1 amide bonds. The Kier molecular flexibility index (Phi) is 7.36. The summed E-state index contributed by atoms with van der Waals surface area (Å²) in [6.45, 7) is 0. The highest BCUT2D eigenvalue weighted by Gasteiger charge is 2.17. The number of nitrogens with one attached hydrogen (secondary N) is 2. The predicted octanol–water partition coefficient (Wildman–Crippen LogP) is 3.85. The lowest BCUT2D eigenvalue weighted by Crippen LogP contribution is -2.24. The van der Waals surface area contributed by atoms with Gasteiger partial charge in [-0.1, -0.05) is 19.3 Å². The van der Waals surface area contributed by atoms with E-state index in [0.717, 1.165) is 24.4 Å². The molecule has 4 rings (SSSR count). The van der Waals surface area contributed by atoms with E-state index in [9.17, 15) is 4.79 Å². The number of fused-ring (bicyclic) bond motifs is 1. The van der Waals surface area contributed by atoms with Gasteiger partial charge in [0.15, 0.2) is 11.4 Å². The van der Waals surface area contributed by atoms with E-state index < -0.39 is 6.09 Å². The van der Waals surface area contributed by atoms with Crippen molar-refractivity contribution in [1.82, 2.24) is 19.6 Å². The van der Waals surface area contributed by atoms with E-state index in [0.29, 0.717) is 29.1 Å². The molecule has 29 heavy (non-hydrogen) atoms. The molecule has 9 nitrogen and oxygen atoms in total. The van der Waals surface area contributed by atoms with Crippen molar-refractivity contribution in [3.63, 3.8) is 0 Å². The monoisotopic (exact) mass is 462 g/mol. The highest BCUT2D eigenvalue weighted by atomic mass is 79.9. The van der Waals surface area contributed by atoms with Gasteiger partial charge in [0.05, 0.1) is 16.9 Å². The maximum Gasteiger partial charge on any atom is 0.418 e. The van der Waals surface area contributed by atoms with Crippen molar-refractivity contribution < 1.29 is 14.6 Å². The topological polar surface area (TPSA) is 114 Å². The van der Waals surface area contributed by atoms with E-state index >= 15 is 0 Å². The van der Waals surface area contributed by atoms with Crippen LogP contribution < -0.4 is 15.4 Å². The summed E-state index contributed by atoms with van der Waals surface area (Å²) in [5.74, 6) is 1.53. The molecule has 0 unspecified atom stereocenters. The van der Waals surface area contributed by atoms with Crippen LogP contribution in [0.15, 0.2) is 41.3 Å². The molecule has 1 saturated carbocycles. The lowest BCUT2D eigenvalue weighted by molar-refractivity contribution is 0.215. The van der Waals surface area contributed by atoms with Crippen LogP contribution in [0.25, 0.3) is 5.65 Å². The van der Waals surface area contributed by atoms with Crippen LogP contribution in [0.5, 0.6) is 5.75 Å². The van der Waals surface area contributed by atoms with Crippen molar-refractivity contribution in [3.05, 3.63) is 41.3 Å². The number of hydrogen-bond acceptors (Lipinski definition) is 7. The van der Waals surface area contributed by atoms with Crippen LogP contribution in [0.1, 0.15) is 32.1 Å². The molecule has 0 saturated heterocycles. The Bertz CT molecular complexity index is 944. The number of ether oxygens (including phenoxy) is 1. The Morgan fingerprint density at radius 2 is 2.07 bits per heavy atom. The zero-order chi connectivity index (χ0) is 20.6. The van der Waals surface area contributed by atoms with Crippen molar-refractivity contribution >= 4 is 39.3 Å². The van der Waals surface area contributed by atoms with Crippen molar-refractivity contribution in [2.75, 3.05) is 17.7 Å². The van der Waals surface area contributed by atoms with Crippen LogP contribution in [0.2, 0.25) is 0 Å². The molecule has 0 spiro atoms. The SMILES string of the molecule is CO.O=C(Nc1cc(NC2CCCCC2)nc2c(Br)cnn12)Oc1cccnc1. The third-order valence-corrected chi connectivity index (χ3v) is 5.02. The highest BCUT2D eigenvalue weighted by molar-refractivity contribution is 9.10. The van der Waals surface area contributed by atoms with Gasteiger partial charge in [-0.15, -0.1) is 0 Å². The van der Waals surface area contributed by atoms with Gasteiger partial charge in [-0.3, -0.25) is 10.3 Å². The molecule has 3 heterocycles. The van der Waals surface area contributed by atoms with E-state index in [1.807, 2.05) is 0 Å². The maximum absolute atomic E-state index is 12.3. The van der Waals surface area contributed by atoms with Gasteiger partial charge in [0.1, 0.15) is 11.6 Å². The van der Waals surface area contributed by atoms with Crippen molar-refractivity contribution in [2.45, 2.75) is 38.1 Å². The van der Waals surface area contributed by atoms with Gasteiger partial charge in [-0.25, -0.2) is 9.78 Å². The second-order valence-corrected chi connectivity index (χ2v) is 7.29. The minimum absolute atomic E-state index is 0.363. The molecule has 1 aliphatic rings. The lowest BCUT2D eigenvalue weighted by Gasteiger charge is -2.23. The second kappa shape index (κ2) is 10.2. The first kappa shape index (κ1) is 21.0. The molecule has 0 aliphatic heterocycles. The van der Waals surface area contributed by atoms with Gasteiger partial charge >= 0.3 is 6.09 Å². The number of rotatable bonds is 4. The summed E-state index contributed by atoms with van der Waals surface area (Å²) in [5, 5.41) is 17.5. The van der Waals surface area contributed by atoms with E-state index in [1.165, 1.54) is 25.5 Å². The Labute approximate surface area is 176 Å². The summed E-state index contributed by atoms with van der Waals surface area (Å²) < 4.78 is 7.56. The Morgan fingerprint density at radius 1 is 1.28 bits per heavy atom. The lowest BCUT2D eigenvalue weighted by atomic mass is 9.95. The number of amides is 1. The zero-order valence-corrected chi connectivity index (χ0v) is 17.6. The van der Waals surface area contributed by atoms with Crippen molar-refractivity contribution in [1.29, 1.82) is 0 Å². The van der Waals surface area contributed by atoms with Crippen LogP contribution in [0.3, 0.4) is 0 Å².